The minimum Gasteiger partial charge on any atom is -0.508 e. The molecule has 0 bridgehead atoms. The van der Waals surface area contributed by atoms with Gasteiger partial charge in [-0.2, -0.15) is 0 Å². The van der Waals surface area contributed by atoms with Crippen molar-refractivity contribution in [3.63, 3.8) is 0 Å². The molecule has 4 unspecified atom stereocenters. The summed E-state index contributed by atoms with van der Waals surface area (Å²) in [4.78, 5) is 54.0. The van der Waals surface area contributed by atoms with E-state index in [2.05, 4.69) is 29.2 Å². The third-order valence-electron chi connectivity index (χ3n) is 6.39. The van der Waals surface area contributed by atoms with Gasteiger partial charge in [0, 0.05) is 6.04 Å². The minimum atomic E-state index is -1.19. The van der Waals surface area contributed by atoms with E-state index in [0.717, 1.165) is 6.42 Å². The molecule has 0 heterocycles. The van der Waals surface area contributed by atoms with Crippen LogP contribution in [0.1, 0.15) is 86.3 Å². The summed E-state index contributed by atoms with van der Waals surface area (Å²) in [7, 11) is 1.21. The maximum atomic E-state index is 14.4. The van der Waals surface area contributed by atoms with Crippen molar-refractivity contribution in [2.75, 3.05) is 13.7 Å². The zero-order valence-corrected chi connectivity index (χ0v) is 24.9. The maximum absolute atomic E-state index is 14.4. The Morgan fingerprint density at radius 1 is 1.05 bits per heavy atom. The summed E-state index contributed by atoms with van der Waals surface area (Å²) in [5.41, 5.74) is -0.405. The fourth-order valence-corrected chi connectivity index (χ4v) is 4.05. The van der Waals surface area contributed by atoms with E-state index in [4.69, 9.17) is 4.74 Å². The molecule has 1 aromatic carbocycles. The van der Waals surface area contributed by atoms with E-state index in [9.17, 15) is 24.3 Å². The van der Waals surface area contributed by atoms with Gasteiger partial charge in [0.15, 0.2) is 0 Å². The van der Waals surface area contributed by atoms with Gasteiger partial charge >= 0.3 is 12.1 Å². The molecule has 10 nitrogen and oxygen atoms in total. The molecule has 39 heavy (non-hydrogen) atoms. The standard InChI is InChI=1S/C29H47N3O7/c1-10-19(4)24(31-28(37)39-29(6,7)8)27(36)32(20(5)15-14-18(2)3)25(21-12-11-13-22(33)16-21)26(35)30-17-23(34)38-9/h11-13,16,18-20,24-25,33H,10,14-15,17H2,1-9H3,(H,30,35)(H,31,37). The van der Waals surface area contributed by atoms with Gasteiger partial charge in [-0.25, -0.2) is 4.79 Å². The molecule has 0 aromatic heterocycles. The Kier molecular flexibility index (Phi) is 13.3. The van der Waals surface area contributed by atoms with Gasteiger partial charge in [-0.15, -0.1) is 0 Å². The van der Waals surface area contributed by atoms with Crippen LogP contribution in [0.3, 0.4) is 0 Å². The van der Waals surface area contributed by atoms with Crippen molar-refractivity contribution in [3.05, 3.63) is 29.8 Å². The zero-order chi connectivity index (χ0) is 29.9. The van der Waals surface area contributed by atoms with E-state index in [0.29, 0.717) is 24.3 Å². The largest absolute Gasteiger partial charge is 0.508 e. The molecule has 0 aliphatic carbocycles. The van der Waals surface area contributed by atoms with Crippen LogP contribution in [0.5, 0.6) is 5.75 Å². The molecule has 0 spiro atoms. The van der Waals surface area contributed by atoms with Gasteiger partial charge in [-0.3, -0.25) is 14.4 Å². The van der Waals surface area contributed by atoms with Crippen LogP contribution in [-0.2, 0) is 23.9 Å². The highest BCUT2D eigenvalue weighted by molar-refractivity contribution is 5.93. The molecule has 0 fully saturated rings. The van der Waals surface area contributed by atoms with E-state index in [1.54, 1.807) is 32.9 Å². The Hall–Kier alpha value is -3.30. The molecule has 0 saturated heterocycles. The molecular weight excluding hydrogens is 502 g/mol. The molecular formula is C29H47N3O7. The van der Waals surface area contributed by atoms with Gasteiger partial charge in [0.2, 0.25) is 11.8 Å². The van der Waals surface area contributed by atoms with Crippen LogP contribution < -0.4 is 10.6 Å². The number of methoxy groups -OCH3 is 1. The number of rotatable bonds is 13. The highest BCUT2D eigenvalue weighted by Gasteiger charge is 2.40. The smallest absolute Gasteiger partial charge is 0.408 e. The van der Waals surface area contributed by atoms with Crippen molar-refractivity contribution in [3.8, 4) is 5.75 Å². The van der Waals surface area contributed by atoms with Crippen LogP contribution in [0.2, 0.25) is 0 Å². The molecule has 0 aliphatic rings. The van der Waals surface area contributed by atoms with E-state index in [-0.39, 0.29) is 11.7 Å². The fourth-order valence-electron chi connectivity index (χ4n) is 4.05. The van der Waals surface area contributed by atoms with E-state index in [1.165, 1.54) is 24.1 Å². The Morgan fingerprint density at radius 3 is 2.21 bits per heavy atom. The Labute approximate surface area is 232 Å². The number of carbonyl (C=O) groups excluding carboxylic acids is 4. The summed E-state index contributed by atoms with van der Waals surface area (Å²) in [5.74, 6) is -1.74. The van der Waals surface area contributed by atoms with Gasteiger partial charge in [0.05, 0.1) is 7.11 Å². The number of esters is 1. The van der Waals surface area contributed by atoms with Crippen molar-refractivity contribution in [1.29, 1.82) is 0 Å². The lowest BCUT2D eigenvalue weighted by atomic mass is 9.93. The third kappa shape index (κ3) is 11.1. The van der Waals surface area contributed by atoms with Crippen LogP contribution in [0, 0.1) is 11.8 Å². The SMILES string of the molecule is CCC(C)C(NC(=O)OC(C)(C)C)C(=O)N(C(C)CCC(C)C)C(C(=O)NCC(=O)OC)c1cccc(O)c1. The van der Waals surface area contributed by atoms with E-state index >= 15 is 0 Å². The molecule has 220 valence electrons. The highest BCUT2D eigenvalue weighted by atomic mass is 16.6. The first-order valence-corrected chi connectivity index (χ1v) is 13.6. The van der Waals surface area contributed by atoms with Crippen LogP contribution in [0.15, 0.2) is 24.3 Å². The number of phenols is 1. The quantitative estimate of drug-likeness (QED) is 0.312. The van der Waals surface area contributed by atoms with Crippen molar-refractivity contribution < 1.29 is 33.8 Å². The number of amides is 3. The van der Waals surface area contributed by atoms with Gasteiger partial charge < -0.3 is 30.1 Å². The second-order valence-corrected chi connectivity index (χ2v) is 11.4. The molecule has 1 rings (SSSR count). The van der Waals surface area contributed by atoms with Crippen LogP contribution >= 0.6 is 0 Å². The van der Waals surface area contributed by atoms with Crippen LogP contribution in [0.25, 0.3) is 0 Å². The number of hydrogen-bond donors (Lipinski definition) is 3. The molecule has 4 atom stereocenters. The Balaban J connectivity index is 3.65. The second-order valence-electron chi connectivity index (χ2n) is 11.4. The molecule has 10 heteroatoms. The highest BCUT2D eigenvalue weighted by Crippen LogP contribution is 2.30. The Morgan fingerprint density at radius 2 is 1.69 bits per heavy atom. The molecule has 3 amide bonds. The second kappa shape index (κ2) is 15.3. The summed E-state index contributed by atoms with van der Waals surface area (Å²) in [6.45, 7) is 14.6. The summed E-state index contributed by atoms with van der Waals surface area (Å²) in [5, 5.41) is 15.5. The Bertz CT molecular complexity index is 974. The number of aromatic hydroxyl groups is 1. The molecule has 0 aliphatic heterocycles. The minimum absolute atomic E-state index is 0.0779. The normalized spacial score (nSPS) is 14.5. The maximum Gasteiger partial charge on any atom is 0.408 e. The first kappa shape index (κ1) is 33.7. The number of alkyl carbamates (subject to hydrolysis) is 1. The lowest BCUT2D eigenvalue weighted by Gasteiger charge is -2.40. The summed E-state index contributed by atoms with van der Waals surface area (Å²) in [6.07, 6.45) is 1.21. The summed E-state index contributed by atoms with van der Waals surface area (Å²) >= 11 is 0. The van der Waals surface area contributed by atoms with Crippen molar-refractivity contribution >= 4 is 23.9 Å². The first-order chi connectivity index (χ1) is 18.1. The van der Waals surface area contributed by atoms with E-state index < -0.39 is 54.1 Å². The first-order valence-electron chi connectivity index (χ1n) is 13.6. The predicted molar refractivity (Wildman–Crippen MR) is 149 cm³/mol. The summed E-state index contributed by atoms with van der Waals surface area (Å²) in [6, 6.07) is 3.49. The average Bonchev–Trinajstić information content (AvgIpc) is 2.85. The monoisotopic (exact) mass is 549 g/mol. The van der Waals surface area contributed by atoms with Crippen LogP contribution in [-0.4, -0.2) is 65.2 Å². The molecule has 3 N–H and O–H groups in total. The van der Waals surface area contributed by atoms with Crippen molar-refractivity contribution in [2.45, 2.75) is 98.4 Å². The van der Waals surface area contributed by atoms with Gasteiger partial charge in [-0.05, 0) is 70.1 Å². The molecule has 0 saturated carbocycles. The number of nitrogens with zero attached hydrogens (tertiary/aromatic N) is 1. The lowest BCUT2D eigenvalue weighted by Crippen LogP contribution is -2.57. The van der Waals surface area contributed by atoms with Gasteiger partial charge in [-0.1, -0.05) is 46.2 Å². The van der Waals surface area contributed by atoms with Crippen molar-refractivity contribution in [1.82, 2.24) is 15.5 Å². The number of phenolic OH excluding ortho intramolecular Hbond substituents is 1. The number of ether oxygens (including phenoxy) is 2. The number of benzene rings is 1. The predicted octanol–water partition coefficient (Wildman–Crippen LogP) is 4.32. The fraction of sp³-hybridized carbons (Fsp3) is 0.655. The average molecular weight is 550 g/mol. The van der Waals surface area contributed by atoms with Crippen molar-refractivity contribution in [2.24, 2.45) is 11.8 Å². The number of hydrogen-bond acceptors (Lipinski definition) is 7. The summed E-state index contributed by atoms with van der Waals surface area (Å²) < 4.78 is 10.1. The lowest BCUT2D eigenvalue weighted by molar-refractivity contribution is -0.147. The van der Waals surface area contributed by atoms with Crippen LogP contribution in [0.4, 0.5) is 4.79 Å². The van der Waals surface area contributed by atoms with Gasteiger partial charge in [0.1, 0.15) is 30.0 Å². The van der Waals surface area contributed by atoms with Gasteiger partial charge in [0.25, 0.3) is 0 Å². The van der Waals surface area contributed by atoms with E-state index in [1.807, 2.05) is 20.8 Å². The third-order valence-corrected chi connectivity index (χ3v) is 6.39. The number of carbonyl (C=O) groups is 4. The molecule has 1 aromatic rings. The molecule has 0 radical (unpaired) electrons. The number of nitrogens with one attached hydrogen (secondary N) is 2. The topological polar surface area (TPSA) is 134 Å². The zero-order valence-electron chi connectivity index (χ0n) is 24.9.